The first kappa shape index (κ1) is 148. The van der Waals surface area contributed by atoms with Crippen molar-refractivity contribution >= 4 is 59.6 Å². The molecule has 4 rings (SSSR count). The first-order valence-corrected chi connectivity index (χ1v) is 53.8. The molecule has 4 aromatic rings. The molecule has 1 N–H and O–H groups in total. The fraction of sp³-hybridized carbons (Fsp3) is 0.728. The highest BCUT2D eigenvalue weighted by Crippen LogP contribution is 2.38. The lowest BCUT2D eigenvalue weighted by molar-refractivity contribution is -0.158. The highest BCUT2D eigenvalue weighted by atomic mass is 19.1. The molecule has 4 aromatic carbocycles. The minimum absolute atomic E-state index is 0.0000926. The molecule has 0 radical (unpaired) electrons. The smallest absolute Gasteiger partial charge is 0.310 e. The second-order valence-corrected chi connectivity index (χ2v) is 52.8. The van der Waals surface area contributed by atoms with E-state index in [1.165, 1.54) is 23.3 Å². The Morgan fingerprint density at radius 3 is 0.932 bits per heavy atom. The summed E-state index contributed by atoms with van der Waals surface area (Å²) in [7, 11) is 0. The lowest BCUT2D eigenvalue weighted by Crippen LogP contribution is -2.34. The summed E-state index contributed by atoms with van der Waals surface area (Å²) in [6.07, 6.45) is 8.05. The van der Waals surface area contributed by atoms with Gasteiger partial charge in [0.05, 0.1) is 92.6 Å². The van der Waals surface area contributed by atoms with E-state index in [4.69, 9.17) is 42.6 Å². The van der Waals surface area contributed by atoms with Gasteiger partial charge in [-0.05, 0) is 248 Å². The van der Waals surface area contributed by atoms with Crippen LogP contribution in [0.25, 0.3) is 0 Å². The molecule has 1 unspecified atom stereocenters. The second kappa shape index (κ2) is 72.1. The second-order valence-electron chi connectivity index (χ2n) is 52.8. The Bertz CT molecular complexity index is 4120. The van der Waals surface area contributed by atoms with E-state index in [1.807, 2.05) is 233 Å². The Morgan fingerprint density at radius 2 is 0.637 bits per heavy atom. The van der Waals surface area contributed by atoms with Gasteiger partial charge in [-0.1, -0.05) is 359 Å². The van der Waals surface area contributed by atoms with Crippen molar-refractivity contribution in [2.45, 2.75) is 467 Å². The third-order valence-corrected chi connectivity index (χ3v) is 21.9. The summed E-state index contributed by atoms with van der Waals surface area (Å²) in [5.41, 5.74) is 4.24. The Balaban J connectivity index is -0.000000375. The van der Waals surface area contributed by atoms with E-state index in [-0.39, 0.29) is 185 Å². The first-order valence-electron chi connectivity index (χ1n) is 53.8. The Labute approximate surface area is 892 Å². The fourth-order valence-electron chi connectivity index (χ4n) is 13.9. The van der Waals surface area contributed by atoms with E-state index in [9.17, 15) is 52.3 Å². The standard InChI is InChI=1S/C16H24O2.C15H22FNO.C15H22O2.C14H20O2.2C13H26O2.2C11H22O2.C9H18O2.C8H16O2/c1-12(2)18-15(17)14(16(3,4)5)11-13-9-7-6-8-10-13;1-15(2,3)10-4-5-14(18)17-11-12-6-8-13(16)9-7-12;1-5-17-14(16)13(15(2,3)4)11-12-9-7-6-8-10-12;1-11(14(2,3)4)13(15)16-10-12-8-6-5-7-9-12;2*1-9(2)8-11(13(5,6)7)12(14)15-10(3)4;1-10(2,3)8-7-9(12)13-11(4,5)6;1-7-13-10(12)9(8(2)3)11(4,5)6;1-7(2)11-8(10)6-9(3,4)5;1-5-10-7(9)6-8(2,3)4/h6-10,12,14H,11H2,1-5H3;6-9H,4-5,10-11H2,1-3H3,(H,17,18);6-10,13H,5,11H2,1-4H3;5-9,11H,10H2,1-4H3;2*9-11H,8H2,1-7H3;7-8H2,1-6H3;8-9H,7H2,1-6H3;7H,6H2,1-5H3;5-6H2,1-4H3/t14-;;13-;;2*11-;;9-;;/m1.0.00.0../s1. The van der Waals surface area contributed by atoms with Gasteiger partial charge in [0.15, 0.2) is 0 Å². The maximum Gasteiger partial charge on any atom is 0.310 e. The van der Waals surface area contributed by atoms with Crippen LogP contribution in [0.5, 0.6) is 0 Å². The van der Waals surface area contributed by atoms with Gasteiger partial charge < -0.3 is 47.9 Å². The van der Waals surface area contributed by atoms with E-state index in [0.29, 0.717) is 76.4 Å². The Kier molecular flexibility index (Phi) is 73.1. The van der Waals surface area contributed by atoms with Gasteiger partial charge in [0.2, 0.25) is 5.91 Å². The molecule has 0 aromatic heterocycles. The molecule has 146 heavy (non-hydrogen) atoms. The summed E-state index contributed by atoms with van der Waals surface area (Å²) in [4.78, 5) is 116. The fourth-order valence-corrected chi connectivity index (χ4v) is 13.9. The Morgan fingerprint density at radius 1 is 0.308 bits per heavy atom. The highest BCUT2D eigenvalue weighted by molar-refractivity contribution is 5.77. The average molecular weight is 2060 g/mol. The number of carbonyl (C=O) groups is 10. The molecule has 0 aliphatic carbocycles. The minimum Gasteiger partial charge on any atom is -0.466 e. The van der Waals surface area contributed by atoms with Crippen molar-refractivity contribution < 1.29 is 95.0 Å². The van der Waals surface area contributed by atoms with Crippen LogP contribution >= 0.6 is 0 Å². The van der Waals surface area contributed by atoms with Gasteiger partial charge >= 0.3 is 53.7 Å². The summed E-state index contributed by atoms with van der Waals surface area (Å²) in [5.74, 6) is 0.102. The Hall–Kier alpha value is -8.49. The number of esters is 9. The van der Waals surface area contributed by atoms with E-state index in [1.54, 1.807) is 12.1 Å². The number of hydrogen-bond donors (Lipinski definition) is 1. The van der Waals surface area contributed by atoms with E-state index < -0.39 is 0 Å². The number of rotatable bonds is 33. The number of ether oxygens (including phenoxy) is 9. The maximum absolute atomic E-state index is 12.7. The van der Waals surface area contributed by atoms with Gasteiger partial charge in [0.25, 0.3) is 0 Å². The lowest BCUT2D eigenvalue weighted by Gasteiger charge is -2.31. The zero-order valence-electron chi connectivity index (χ0n) is 102. The summed E-state index contributed by atoms with van der Waals surface area (Å²) in [6, 6.07) is 36.1. The lowest BCUT2D eigenvalue weighted by atomic mass is 9.74. The molecule has 6 atom stereocenters. The molecule has 0 saturated heterocycles. The van der Waals surface area contributed by atoms with Crippen molar-refractivity contribution in [2.75, 3.05) is 19.8 Å². The van der Waals surface area contributed by atoms with Crippen LogP contribution in [-0.2, 0) is 117 Å². The number of benzene rings is 4. The SMILES string of the molecule is CC(C(=O)OCc1ccccc1)C(C)(C)C.CC(C)(C)CCC(=O)OC(C)(C)C.CC(C)(C)CCCC(=O)NCc1ccc(F)cc1.CC(C)C[C@@H](C(=O)OC(C)C)C(C)(C)C.CC(C)C[C@@H](C(=O)OC(C)C)C(C)(C)C.CC(C)OC(=O)CC(C)(C)C.CC(C)OC(=O)[C@@H](Cc1ccccc1)C(C)(C)C.CCOC(=O)CC(C)(C)C.CCOC(=O)[C@H](C(C)C)C(C)(C)C.CCOC(=O)[C@H](Cc1ccccc1)C(C)(C)C. The molecular weight excluding hydrogens is 1840 g/mol. The van der Waals surface area contributed by atoms with Gasteiger partial charge in [-0.2, -0.15) is 0 Å². The van der Waals surface area contributed by atoms with Crippen molar-refractivity contribution in [1.82, 2.24) is 5.32 Å². The summed E-state index contributed by atoms with van der Waals surface area (Å²) < 4.78 is 59.1. The molecule has 0 spiro atoms. The molecule has 0 bridgehead atoms. The van der Waals surface area contributed by atoms with Crippen molar-refractivity contribution in [1.29, 1.82) is 0 Å². The predicted molar refractivity (Wildman–Crippen MR) is 603 cm³/mol. The molecule has 1 amide bonds. The molecule has 20 nitrogen and oxygen atoms in total. The highest BCUT2D eigenvalue weighted by Gasteiger charge is 2.39. The van der Waals surface area contributed by atoms with Crippen LogP contribution in [0.4, 0.5) is 4.39 Å². The maximum atomic E-state index is 12.7. The van der Waals surface area contributed by atoms with Gasteiger partial charge in [0, 0.05) is 19.4 Å². The molecule has 844 valence electrons. The summed E-state index contributed by atoms with van der Waals surface area (Å²) in [5, 5.41) is 2.84. The quantitative estimate of drug-likeness (QED) is 0.0343. The van der Waals surface area contributed by atoms with Crippen LogP contribution in [0.3, 0.4) is 0 Å². The van der Waals surface area contributed by atoms with Gasteiger partial charge in [-0.15, -0.1) is 0 Å². The number of amides is 1. The third kappa shape index (κ3) is 86.3. The van der Waals surface area contributed by atoms with E-state index in [0.717, 1.165) is 56.1 Å². The summed E-state index contributed by atoms with van der Waals surface area (Å²) in [6.45, 7) is 106. The zero-order valence-corrected chi connectivity index (χ0v) is 102. The number of halogens is 1. The van der Waals surface area contributed by atoms with Crippen LogP contribution in [-0.4, -0.2) is 109 Å². The van der Waals surface area contributed by atoms with E-state index in [2.05, 4.69) is 217 Å². The van der Waals surface area contributed by atoms with Gasteiger partial charge in [-0.25, -0.2) is 4.39 Å². The normalized spacial score (nSPS) is 13.1. The number of carbonyl (C=O) groups excluding carboxylic acids is 10. The van der Waals surface area contributed by atoms with E-state index >= 15 is 0 Å². The summed E-state index contributed by atoms with van der Waals surface area (Å²) >= 11 is 0. The van der Waals surface area contributed by atoms with Crippen molar-refractivity contribution in [3.8, 4) is 0 Å². The molecular formula is C125H218FNO19. The van der Waals surface area contributed by atoms with Crippen molar-refractivity contribution in [3.63, 3.8) is 0 Å². The van der Waals surface area contributed by atoms with Crippen molar-refractivity contribution in [2.24, 2.45) is 107 Å². The predicted octanol–water partition coefficient (Wildman–Crippen LogP) is 32.0. The van der Waals surface area contributed by atoms with Gasteiger partial charge in [-0.3, -0.25) is 47.9 Å². The molecule has 0 aliphatic rings. The third-order valence-electron chi connectivity index (χ3n) is 21.9. The molecule has 0 fully saturated rings. The van der Waals surface area contributed by atoms with Crippen LogP contribution in [0.2, 0.25) is 0 Å². The minimum atomic E-state index is -0.352. The number of nitrogens with one attached hydrogen (secondary N) is 1. The average Bonchev–Trinajstić information content (AvgIpc) is 0.951. The van der Waals surface area contributed by atoms with Crippen LogP contribution in [0.1, 0.15) is 433 Å². The van der Waals surface area contributed by atoms with Crippen LogP contribution in [0.15, 0.2) is 115 Å². The molecule has 0 heterocycles. The number of hydrogen-bond acceptors (Lipinski definition) is 19. The molecule has 21 heteroatoms. The van der Waals surface area contributed by atoms with Crippen molar-refractivity contribution in [3.05, 3.63) is 143 Å². The van der Waals surface area contributed by atoms with Gasteiger partial charge in [0.1, 0.15) is 18.0 Å². The first-order chi connectivity index (χ1) is 66.0. The molecule has 0 aliphatic heterocycles. The molecule has 0 saturated carbocycles. The van der Waals surface area contributed by atoms with Crippen LogP contribution in [0, 0.1) is 113 Å². The zero-order chi connectivity index (χ0) is 115. The van der Waals surface area contributed by atoms with Crippen LogP contribution < -0.4 is 5.32 Å². The largest absolute Gasteiger partial charge is 0.466 e. The topological polar surface area (TPSA) is 266 Å². The monoisotopic (exact) mass is 2060 g/mol.